The van der Waals surface area contributed by atoms with Gasteiger partial charge in [0.25, 0.3) is 0 Å². The predicted octanol–water partition coefficient (Wildman–Crippen LogP) is 2.00. The Balaban J connectivity index is 2.52. The smallest absolute Gasteiger partial charge is 0.0955 e. The number of imidazole rings is 1. The second-order valence-corrected chi connectivity index (χ2v) is 3.92. The molecule has 0 saturated carbocycles. The minimum absolute atomic E-state index is 0.457. The molecule has 2 rings (SSSR count). The van der Waals surface area contributed by atoms with Crippen molar-refractivity contribution in [2.45, 2.75) is 6.10 Å². The summed E-state index contributed by atoms with van der Waals surface area (Å²) in [5, 5.41) is 10.2. The van der Waals surface area contributed by atoms with Crippen LogP contribution in [-0.4, -0.2) is 20.0 Å². The standard InChI is InChI=1S/C10H11BrN2O/c1-13-6-12-8-4-7(10(14)5-11)2-3-9(8)13/h2-4,6,10,14H,5H2,1H3. The van der Waals surface area contributed by atoms with Gasteiger partial charge in [-0.1, -0.05) is 22.0 Å². The van der Waals surface area contributed by atoms with Gasteiger partial charge in [0.1, 0.15) is 0 Å². The summed E-state index contributed by atoms with van der Waals surface area (Å²) in [5.41, 5.74) is 2.90. The topological polar surface area (TPSA) is 38.0 Å². The van der Waals surface area contributed by atoms with Crippen molar-refractivity contribution in [2.24, 2.45) is 7.05 Å². The number of benzene rings is 1. The average molecular weight is 255 g/mol. The first kappa shape index (κ1) is 9.68. The molecular formula is C10H11BrN2O. The highest BCUT2D eigenvalue weighted by Gasteiger charge is 2.07. The summed E-state index contributed by atoms with van der Waals surface area (Å²) in [6.45, 7) is 0. The summed E-state index contributed by atoms with van der Waals surface area (Å²) in [6, 6.07) is 5.82. The van der Waals surface area contributed by atoms with E-state index in [2.05, 4.69) is 20.9 Å². The van der Waals surface area contributed by atoms with E-state index in [9.17, 15) is 5.11 Å². The molecule has 0 fully saturated rings. The van der Waals surface area contributed by atoms with Crippen molar-refractivity contribution in [1.29, 1.82) is 0 Å². The highest BCUT2D eigenvalue weighted by molar-refractivity contribution is 9.09. The molecule has 14 heavy (non-hydrogen) atoms. The molecule has 1 heterocycles. The number of aryl methyl sites for hydroxylation is 1. The Labute approximate surface area is 90.5 Å². The van der Waals surface area contributed by atoms with Crippen LogP contribution in [0.25, 0.3) is 11.0 Å². The zero-order chi connectivity index (χ0) is 10.1. The van der Waals surface area contributed by atoms with E-state index in [1.807, 2.05) is 29.8 Å². The summed E-state index contributed by atoms with van der Waals surface area (Å²) >= 11 is 3.25. The van der Waals surface area contributed by atoms with E-state index >= 15 is 0 Å². The lowest BCUT2D eigenvalue weighted by molar-refractivity contribution is 0.205. The quantitative estimate of drug-likeness (QED) is 0.833. The van der Waals surface area contributed by atoms with E-state index in [0.29, 0.717) is 5.33 Å². The molecule has 2 aromatic rings. The summed E-state index contributed by atoms with van der Waals surface area (Å²) in [6.07, 6.45) is 1.32. The van der Waals surface area contributed by atoms with Crippen molar-refractivity contribution in [3.63, 3.8) is 0 Å². The number of aromatic nitrogens is 2. The summed E-state index contributed by atoms with van der Waals surface area (Å²) < 4.78 is 1.96. The number of hydrogen-bond donors (Lipinski definition) is 1. The maximum atomic E-state index is 9.61. The predicted molar refractivity (Wildman–Crippen MR) is 59.5 cm³/mol. The third-order valence-corrected chi connectivity index (χ3v) is 2.89. The first-order chi connectivity index (χ1) is 6.72. The number of rotatable bonds is 2. The Morgan fingerprint density at radius 3 is 3.07 bits per heavy atom. The van der Waals surface area contributed by atoms with Crippen LogP contribution in [0.3, 0.4) is 0 Å². The van der Waals surface area contributed by atoms with Crippen LogP contribution in [0.15, 0.2) is 24.5 Å². The largest absolute Gasteiger partial charge is 0.388 e. The molecule has 74 valence electrons. The number of hydrogen-bond acceptors (Lipinski definition) is 2. The van der Waals surface area contributed by atoms with Gasteiger partial charge in [0.05, 0.1) is 23.5 Å². The molecule has 0 spiro atoms. The molecule has 1 N–H and O–H groups in total. The number of aliphatic hydroxyl groups excluding tert-OH is 1. The van der Waals surface area contributed by atoms with E-state index < -0.39 is 6.10 Å². The van der Waals surface area contributed by atoms with Crippen LogP contribution >= 0.6 is 15.9 Å². The number of nitrogens with zero attached hydrogens (tertiary/aromatic N) is 2. The van der Waals surface area contributed by atoms with Gasteiger partial charge in [-0.25, -0.2) is 4.98 Å². The Morgan fingerprint density at radius 1 is 1.57 bits per heavy atom. The van der Waals surface area contributed by atoms with E-state index in [1.54, 1.807) is 6.33 Å². The maximum Gasteiger partial charge on any atom is 0.0955 e. The lowest BCUT2D eigenvalue weighted by Crippen LogP contribution is -1.97. The van der Waals surface area contributed by atoms with Crippen molar-refractivity contribution in [3.05, 3.63) is 30.1 Å². The van der Waals surface area contributed by atoms with E-state index in [1.165, 1.54) is 0 Å². The fraction of sp³-hybridized carbons (Fsp3) is 0.300. The van der Waals surface area contributed by atoms with Gasteiger partial charge in [-0.15, -0.1) is 0 Å². The second-order valence-electron chi connectivity index (χ2n) is 3.27. The van der Waals surface area contributed by atoms with Gasteiger partial charge < -0.3 is 9.67 Å². The van der Waals surface area contributed by atoms with Crippen molar-refractivity contribution >= 4 is 27.0 Å². The van der Waals surface area contributed by atoms with Crippen LogP contribution in [0.5, 0.6) is 0 Å². The van der Waals surface area contributed by atoms with Gasteiger partial charge >= 0.3 is 0 Å². The number of aliphatic hydroxyl groups is 1. The number of halogens is 1. The average Bonchev–Trinajstić information content (AvgIpc) is 2.59. The molecule has 4 heteroatoms. The van der Waals surface area contributed by atoms with Gasteiger partial charge in [0, 0.05) is 12.4 Å². The van der Waals surface area contributed by atoms with Crippen LogP contribution in [0.2, 0.25) is 0 Å². The molecule has 0 saturated heterocycles. The first-order valence-corrected chi connectivity index (χ1v) is 5.49. The second kappa shape index (κ2) is 3.71. The molecule has 3 nitrogen and oxygen atoms in total. The minimum Gasteiger partial charge on any atom is -0.388 e. The molecule has 0 aliphatic rings. The fourth-order valence-corrected chi connectivity index (χ4v) is 1.82. The molecule has 0 aliphatic carbocycles. The van der Waals surface area contributed by atoms with Crippen molar-refractivity contribution in [1.82, 2.24) is 9.55 Å². The molecule has 1 atom stereocenters. The van der Waals surface area contributed by atoms with Gasteiger partial charge in [0.15, 0.2) is 0 Å². The Morgan fingerprint density at radius 2 is 2.36 bits per heavy atom. The van der Waals surface area contributed by atoms with Gasteiger partial charge in [-0.3, -0.25) is 0 Å². The van der Waals surface area contributed by atoms with Crippen LogP contribution < -0.4 is 0 Å². The van der Waals surface area contributed by atoms with Gasteiger partial charge in [-0.05, 0) is 17.7 Å². The Hall–Kier alpha value is -0.870. The summed E-state index contributed by atoms with van der Waals surface area (Å²) in [4.78, 5) is 4.23. The van der Waals surface area contributed by atoms with Crippen molar-refractivity contribution in [3.8, 4) is 0 Å². The van der Waals surface area contributed by atoms with Crippen molar-refractivity contribution in [2.75, 3.05) is 5.33 Å². The molecule has 0 amide bonds. The molecular weight excluding hydrogens is 244 g/mol. The van der Waals surface area contributed by atoms with E-state index in [-0.39, 0.29) is 0 Å². The highest BCUT2D eigenvalue weighted by Crippen LogP contribution is 2.20. The summed E-state index contributed by atoms with van der Waals surface area (Å²) in [5.74, 6) is 0. The molecule has 0 aliphatic heterocycles. The molecule has 1 aromatic heterocycles. The minimum atomic E-state index is -0.457. The fourth-order valence-electron chi connectivity index (χ4n) is 1.45. The Bertz CT molecular complexity index is 452. The molecule has 1 aromatic carbocycles. The third kappa shape index (κ3) is 1.55. The molecule has 0 bridgehead atoms. The lowest BCUT2D eigenvalue weighted by Gasteiger charge is -2.06. The SMILES string of the molecule is Cn1cnc2cc(C(O)CBr)ccc21. The number of alkyl halides is 1. The zero-order valence-electron chi connectivity index (χ0n) is 7.81. The summed E-state index contributed by atoms with van der Waals surface area (Å²) in [7, 11) is 1.95. The molecule has 1 unspecified atom stereocenters. The highest BCUT2D eigenvalue weighted by atomic mass is 79.9. The monoisotopic (exact) mass is 254 g/mol. The van der Waals surface area contributed by atoms with Crippen LogP contribution in [0, 0.1) is 0 Å². The molecule has 0 radical (unpaired) electrons. The maximum absolute atomic E-state index is 9.61. The van der Waals surface area contributed by atoms with Crippen LogP contribution in [0.1, 0.15) is 11.7 Å². The van der Waals surface area contributed by atoms with Gasteiger partial charge in [-0.2, -0.15) is 0 Å². The van der Waals surface area contributed by atoms with E-state index in [0.717, 1.165) is 16.6 Å². The zero-order valence-corrected chi connectivity index (χ0v) is 9.40. The number of fused-ring (bicyclic) bond motifs is 1. The van der Waals surface area contributed by atoms with Crippen LogP contribution in [-0.2, 0) is 7.05 Å². The van der Waals surface area contributed by atoms with E-state index in [4.69, 9.17) is 0 Å². The third-order valence-electron chi connectivity index (χ3n) is 2.28. The normalized spacial score (nSPS) is 13.4. The first-order valence-electron chi connectivity index (χ1n) is 4.37. The lowest BCUT2D eigenvalue weighted by atomic mass is 10.1. The van der Waals surface area contributed by atoms with Crippen molar-refractivity contribution < 1.29 is 5.11 Å². The Kier molecular flexibility index (Phi) is 2.56. The van der Waals surface area contributed by atoms with Crippen LogP contribution in [0.4, 0.5) is 0 Å². The van der Waals surface area contributed by atoms with Gasteiger partial charge in [0.2, 0.25) is 0 Å².